The van der Waals surface area contributed by atoms with Crippen LogP contribution in [-0.4, -0.2) is 27.6 Å². The van der Waals surface area contributed by atoms with Gasteiger partial charge in [-0.1, -0.05) is 0 Å². The van der Waals surface area contributed by atoms with Crippen molar-refractivity contribution in [3.8, 4) is 5.75 Å². The molecule has 6 nitrogen and oxygen atoms in total. The molecule has 0 radical (unpaired) electrons. The third-order valence-electron chi connectivity index (χ3n) is 1.70. The van der Waals surface area contributed by atoms with Gasteiger partial charge in [-0.15, -0.1) is 0 Å². The summed E-state index contributed by atoms with van der Waals surface area (Å²) < 4.78 is 27.9. The Hall–Kier alpha value is -1.34. The van der Waals surface area contributed by atoms with Crippen LogP contribution in [0, 0.1) is 0 Å². The Kier molecular flexibility index (Phi) is 2.92. The summed E-state index contributed by atoms with van der Waals surface area (Å²) in [6.45, 7) is 0. The molecule has 0 bridgehead atoms. The zero-order valence-corrected chi connectivity index (χ0v) is 8.65. The van der Waals surface area contributed by atoms with Crippen molar-refractivity contribution in [3.63, 3.8) is 0 Å². The quantitative estimate of drug-likeness (QED) is 0.755. The Morgan fingerprint density at radius 3 is 2.71 bits per heavy atom. The van der Waals surface area contributed by atoms with Gasteiger partial charge in [0.1, 0.15) is 0 Å². The van der Waals surface area contributed by atoms with Crippen molar-refractivity contribution in [2.75, 3.05) is 18.5 Å². The van der Waals surface area contributed by atoms with Gasteiger partial charge in [-0.2, -0.15) is 8.42 Å². The van der Waals surface area contributed by atoms with Crippen LogP contribution in [0.1, 0.15) is 0 Å². The van der Waals surface area contributed by atoms with E-state index in [1.807, 2.05) is 0 Å². The first-order chi connectivity index (χ1) is 6.46. The van der Waals surface area contributed by atoms with Gasteiger partial charge in [-0.05, 0) is 6.07 Å². The van der Waals surface area contributed by atoms with Gasteiger partial charge in [-0.25, -0.2) is 5.14 Å². The van der Waals surface area contributed by atoms with Crippen molar-refractivity contribution < 1.29 is 13.2 Å². The lowest BCUT2D eigenvalue weighted by Crippen LogP contribution is -2.33. The molecule has 1 heterocycles. The highest BCUT2D eigenvalue weighted by Gasteiger charge is 2.16. The smallest absolute Gasteiger partial charge is 0.298 e. The minimum Gasteiger partial charge on any atom is -0.493 e. The summed E-state index contributed by atoms with van der Waals surface area (Å²) in [5.74, 6) is 0.351. The highest BCUT2D eigenvalue weighted by atomic mass is 32.2. The van der Waals surface area contributed by atoms with Crippen molar-refractivity contribution in [1.29, 1.82) is 0 Å². The maximum absolute atomic E-state index is 11.0. The molecule has 0 fully saturated rings. The van der Waals surface area contributed by atoms with Crippen LogP contribution in [0.25, 0.3) is 0 Å². The summed E-state index contributed by atoms with van der Waals surface area (Å²) in [6, 6.07) is 1.50. The molecule has 0 saturated heterocycles. The molecular weight excluding hydrogens is 206 g/mol. The fourth-order valence-corrected chi connectivity index (χ4v) is 1.35. The van der Waals surface area contributed by atoms with Crippen molar-refractivity contribution in [2.45, 2.75) is 0 Å². The van der Waals surface area contributed by atoms with E-state index in [0.717, 1.165) is 4.31 Å². The third-order valence-corrected chi connectivity index (χ3v) is 2.66. The van der Waals surface area contributed by atoms with Gasteiger partial charge < -0.3 is 4.74 Å². The fraction of sp³-hybridized carbons (Fsp3) is 0.286. The second-order valence-corrected chi connectivity index (χ2v) is 4.14. The number of nitrogens with zero attached hydrogens (tertiary/aromatic N) is 2. The van der Waals surface area contributed by atoms with Gasteiger partial charge in [0.05, 0.1) is 19.0 Å². The zero-order chi connectivity index (χ0) is 10.8. The molecule has 1 rings (SSSR count). The summed E-state index contributed by atoms with van der Waals surface area (Å²) in [6.07, 6.45) is 2.87. The number of ether oxygens (including phenoxy) is 1. The van der Waals surface area contributed by atoms with E-state index in [0.29, 0.717) is 11.4 Å². The number of aromatic nitrogens is 1. The van der Waals surface area contributed by atoms with Crippen molar-refractivity contribution in [2.24, 2.45) is 5.14 Å². The maximum Gasteiger partial charge on any atom is 0.298 e. The number of pyridine rings is 1. The van der Waals surface area contributed by atoms with Crippen LogP contribution in [0.15, 0.2) is 18.5 Å². The van der Waals surface area contributed by atoms with E-state index in [-0.39, 0.29) is 0 Å². The van der Waals surface area contributed by atoms with Gasteiger partial charge in [0.2, 0.25) is 0 Å². The molecule has 1 aromatic heterocycles. The number of hydrogen-bond acceptors (Lipinski definition) is 4. The van der Waals surface area contributed by atoms with Crippen LogP contribution >= 0.6 is 0 Å². The first-order valence-corrected chi connectivity index (χ1v) is 5.22. The molecule has 0 atom stereocenters. The molecule has 0 saturated carbocycles. The summed E-state index contributed by atoms with van der Waals surface area (Å²) in [5, 5.41) is 4.96. The number of rotatable bonds is 3. The molecule has 14 heavy (non-hydrogen) atoms. The van der Waals surface area contributed by atoms with Crippen LogP contribution in [0.3, 0.4) is 0 Å². The number of anilines is 1. The largest absolute Gasteiger partial charge is 0.493 e. The molecule has 2 N–H and O–H groups in total. The number of hydrogen-bond donors (Lipinski definition) is 1. The standard InChI is InChI=1S/C7H11N3O3S/c1-10(14(8,11)12)6-3-4-9-5-7(6)13-2/h3-5H,1-2H3,(H2,8,11,12). The number of methoxy groups -OCH3 is 1. The molecule has 0 unspecified atom stereocenters. The van der Waals surface area contributed by atoms with E-state index in [4.69, 9.17) is 9.88 Å². The molecule has 0 aliphatic heterocycles. The normalized spacial score (nSPS) is 11.1. The first-order valence-electron chi connectivity index (χ1n) is 3.71. The molecule has 0 aliphatic rings. The van der Waals surface area contributed by atoms with Crippen LogP contribution in [-0.2, 0) is 10.2 Å². The molecule has 78 valence electrons. The van der Waals surface area contributed by atoms with Gasteiger partial charge in [0.15, 0.2) is 5.75 Å². The monoisotopic (exact) mass is 217 g/mol. The molecular formula is C7H11N3O3S. The third kappa shape index (κ3) is 2.12. The highest BCUT2D eigenvalue weighted by Crippen LogP contribution is 2.26. The average molecular weight is 217 g/mol. The molecule has 7 heteroatoms. The van der Waals surface area contributed by atoms with Gasteiger partial charge in [-0.3, -0.25) is 9.29 Å². The van der Waals surface area contributed by atoms with Crippen LogP contribution < -0.4 is 14.2 Å². The molecule has 1 aromatic rings. The predicted octanol–water partition coefficient (Wildman–Crippen LogP) is -0.270. The van der Waals surface area contributed by atoms with Crippen molar-refractivity contribution >= 4 is 15.9 Å². The van der Waals surface area contributed by atoms with Crippen LogP contribution in [0.5, 0.6) is 5.75 Å². The van der Waals surface area contributed by atoms with Crippen molar-refractivity contribution in [1.82, 2.24) is 4.98 Å². The minimum atomic E-state index is -3.76. The second-order valence-electron chi connectivity index (χ2n) is 2.56. The van der Waals surface area contributed by atoms with Crippen LogP contribution in [0.2, 0.25) is 0 Å². The van der Waals surface area contributed by atoms with Gasteiger partial charge >= 0.3 is 0 Å². The van der Waals surface area contributed by atoms with Crippen LogP contribution in [0.4, 0.5) is 5.69 Å². The van der Waals surface area contributed by atoms with E-state index in [1.165, 1.54) is 32.6 Å². The van der Waals surface area contributed by atoms with E-state index >= 15 is 0 Å². The second kappa shape index (κ2) is 3.81. The van der Waals surface area contributed by atoms with E-state index in [9.17, 15) is 8.42 Å². The fourth-order valence-electron chi connectivity index (χ4n) is 0.927. The average Bonchev–Trinajstić information content (AvgIpc) is 2.15. The van der Waals surface area contributed by atoms with E-state index in [1.54, 1.807) is 0 Å². The highest BCUT2D eigenvalue weighted by molar-refractivity contribution is 7.90. The van der Waals surface area contributed by atoms with E-state index in [2.05, 4.69) is 4.98 Å². The molecule has 0 spiro atoms. The lowest BCUT2D eigenvalue weighted by molar-refractivity contribution is 0.414. The summed E-state index contributed by atoms with van der Waals surface area (Å²) >= 11 is 0. The van der Waals surface area contributed by atoms with Gasteiger partial charge in [0.25, 0.3) is 10.2 Å². The number of nitrogens with two attached hydrogens (primary N) is 1. The Morgan fingerprint density at radius 2 is 2.21 bits per heavy atom. The maximum atomic E-state index is 11.0. The molecule has 0 amide bonds. The Labute approximate surface area is 82.5 Å². The van der Waals surface area contributed by atoms with Gasteiger partial charge in [0, 0.05) is 13.2 Å². The topological polar surface area (TPSA) is 85.5 Å². The van der Waals surface area contributed by atoms with E-state index < -0.39 is 10.2 Å². The summed E-state index contributed by atoms with van der Waals surface area (Å²) in [7, 11) is -0.994. The Balaban J connectivity index is 3.19. The molecule has 0 aromatic carbocycles. The zero-order valence-electron chi connectivity index (χ0n) is 7.84. The summed E-state index contributed by atoms with van der Waals surface area (Å²) in [4.78, 5) is 3.79. The lowest BCUT2D eigenvalue weighted by Gasteiger charge is -2.17. The first kappa shape index (κ1) is 10.7. The Morgan fingerprint density at radius 1 is 1.57 bits per heavy atom. The Bertz CT molecular complexity index is 418. The molecule has 0 aliphatic carbocycles. The lowest BCUT2D eigenvalue weighted by atomic mass is 10.4. The summed E-state index contributed by atoms with van der Waals surface area (Å²) in [5.41, 5.74) is 0.352. The predicted molar refractivity (Wildman–Crippen MR) is 52.3 cm³/mol. The van der Waals surface area contributed by atoms with Crippen molar-refractivity contribution in [3.05, 3.63) is 18.5 Å². The SMILES string of the molecule is COc1cnccc1N(C)S(N)(=O)=O. The minimum absolute atomic E-state index is 0.351.